The number of nitrogens with zero attached hydrogens (tertiary/aromatic N) is 3. The molecule has 1 atom stereocenters. The molecule has 0 aliphatic rings. The van der Waals surface area contributed by atoms with Gasteiger partial charge in [-0.05, 0) is 25.5 Å². The first-order valence-electron chi connectivity index (χ1n) is 6.63. The maximum atomic E-state index is 6.02. The largest absolute Gasteiger partial charge is 0.347 e. The van der Waals surface area contributed by atoms with E-state index in [0.717, 1.165) is 25.9 Å². The zero-order valence-corrected chi connectivity index (χ0v) is 11.2. The van der Waals surface area contributed by atoms with Gasteiger partial charge in [0.25, 0.3) is 0 Å². The molecular formula is C14H22N4. The van der Waals surface area contributed by atoms with E-state index >= 15 is 0 Å². The summed E-state index contributed by atoms with van der Waals surface area (Å²) in [7, 11) is 0. The van der Waals surface area contributed by atoms with Gasteiger partial charge in [-0.15, -0.1) is 0 Å². The summed E-state index contributed by atoms with van der Waals surface area (Å²) in [6, 6.07) is 4.49. The summed E-state index contributed by atoms with van der Waals surface area (Å²) in [6.07, 6.45) is 8.10. The molecule has 0 saturated carbocycles. The standard InChI is InChI=1S/C14H22N4/c1-3-13(15)8-14-6-5-7-17(14)10-12-9-16-18(4-2)11-12/h5-7,9,11,13H,3-4,8,10,15H2,1-2H3. The van der Waals surface area contributed by atoms with Crippen molar-refractivity contribution in [2.75, 3.05) is 0 Å². The molecule has 0 spiro atoms. The highest BCUT2D eigenvalue weighted by molar-refractivity contribution is 5.13. The van der Waals surface area contributed by atoms with E-state index in [-0.39, 0.29) is 6.04 Å². The van der Waals surface area contributed by atoms with E-state index in [2.05, 4.69) is 48.0 Å². The molecular weight excluding hydrogens is 224 g/mol. The quantitative estimate of drug-likeness (QED) is 0.848. The van der Waals surface area contributed by atoms with Gasteiger partial charge in [-0.1, -0.05) is 6.92 Å². The number of rotatable bonds is 6. The van der Waals surface area contributed by atoms with E-state index in [9.17, 15) is 0 Å². The van der Waals surface area contributed by atoms with Gasteiger partial charge in [0.1, 0.15) is 0 Å². The van der Waals surface area contributed by atoms with Crippen molar-refractivity contribution in [1.29, 1.82) is 0 Å². The van der Waals surface area contributed by atoms with Crippen LogP contribution in [0.2, 0.25) is 0 Å². The van der Waals surface area contributed by atoms with Gasteiger partial charge in [0.05, 0.1) is 12.7 Å². The maximum Gasteiger partial charge on any atom is 0.0539 e. The summed E-state index contributed by atoms with van der Waals surface area (Å²) >= 11 is 0. The van der Waals surface area contributed by atoms with E-state index in [1.165, 1.54) is 11.3 Å². The van der Waals surface area contributed by atoms with Crippen molar-refractivity contribution in [3.05, 3.63) is 42.0 Å². The number of hydrogen-bond acceptors (Lipinski definition) is 2. The van der Waals surface area contributed by atoms with E-state index in [0.29, 0.717) is 0 Å². The average Bonchev–Trinajstić information content (AvgIpc) is 3.00. The van der Waals surface area contributed by atoms with Gasteiger partial charge in [-0.3, -0.25) is 4.68 Å². The van der Waals surface area contributed by atoms with Crippen molar-refractivity contribution in [1.82, 2.24) is 14.3 Å². The summed E-state index contributed by atoms with van der Waals surface area (Å²) in [6.45, 7) is 6.01. The van der Waals surface area contributed by atoms with Gasteiger partial charge in [0.2, 0.25) is 0 Å². The molecule has 0 aliphatic carbocycles. The van der Waals surface area contributed by atoms with Crippen molar-refractivity contribution in [2.24, 2.45) is 5.73 Å². The molecule has 2 aromatic heterocycles. The molecule has 2 heterocycles. The fourth-order valence-corrected chi connectivity index (χ4v) is 2.06. The molecule has 0 aromatic carbocycles. The molecule has 0 saturated heterocycles. The van der Waals surface area contributed by atoms with Crippen molar-refractivity contribution in [3.63, 3.8) is 0 Å². The Labute approximate surface area is 108 Å². The summed E-state index contributed by atoms with van der Waals surface area (Å²) in [5, 5.41) is 4.30. The van der Waals surface area contributed by atoms with Crippen molar-refractivity contribution >= 4 is 0 Å². The second-order valence-electron chi connectivity index (χ2n) is 4.70. The second-order valence-corrected chi connectivity index (χ2v) is 4.70. The molecule has 0 fully saturated rings. The van der Waals surface area contributed by atoms with Crippen LogP contribution < -0.4 is 5.73 Å². The molecule has 2 rings (SSSR count). The minimum Gasteiger partial charge on any atom is -0.347 e. The predicted octanol–water partition coefficient (Wildman–Crippen LogP) is 2.03. The molecule has 4 heteroatoms. The Balaban J connectivity index is 2.07. The number of aryl methyl sites for hydroxylation is 1. The lowest BCUT2D eigenvalue weighted by molar-refractivity contribution is 0.609. The first kappa shape index (κ1) is 12.9. The van der Waals surface area contributed by atoms with Gasteiger partial charge >= 0.3 is 0 Å². The zero-order valence-electron chi connectivity index (χ0n) is 11.2. The summed E-state index contributed by atoms with van der Waals surface area (Å²) in [5.41, 5.74) is 8.56. The Bertz CT molecular complexity index is 483. The molecule has 0 radical (unpaired) electrons. The van der Waals surface area contributed by atoms with Crippen LogP contribution in [-0.4, -0.2) is 20.4 Å². The summed E-state index contributed by atoms with van der Waals surface area (Å²) in [4.78, 5) is 0. The van der Waals surface area contributed by atoms with Crippen LogP contribution in [-0.2, 0) is 19.5 Å². The van der Waals surface area contributed by atoms with Crippen LogP contribution in [0.4, 0.5) is 0 Å². The lowest BCUT2D eigenvalue weighted by Crippen LogP contribution is -2.23. The third-order valence-electron chi connectivity index (χ3n) is 3.28. The van der Waals surface area contributed by atoms with Gasteiger partial charge < -0.3 is 10.3 Å². The van der Waals surface area contributed by atoms with E-state index in [1.54, 1.807) is 0 Å². The van der Waals surface area contributed by atoms with Crippen LogP contribution in [0.5, 0.6) is 0 Å². The molecule has 0 aliphatic heterocycles. The van der Waals surface area contributed by atoms with Crippen LogP contribution in [0.3, 0.4) is 0 Å². The van der Waals surface area contributed by atoms with E-state index in [1.807, 2.05) is 10.9 Å². The summed E-state index contributed by atoms with van der Waals surface area (Å²) in [5.74, 6) is 0. The molecule has 18 heavy (non-hydrogen) atoms. The lowest BCUT2D eigenvalue weighted by atomic mass is 10.1. The molecule has 2 N–H and O–H groups in total. The highest BCUT2D eigenvalue weighted by Gasteiger charge is 2.07. The van der Waals surface area contributed by atoms with Crippen LogP contribution in [0.25, 0.3) is 0 Å². The SMILES string of the molecule is CCC(N)Cc1cccn1Cc1cnn(CC)c1. The fourth-order valence-electron chi connectivity index (χ4n) is 2.06. The third-order valence-corrected chi connectivity index (χ3v) is 3.28. The number of nitrogens with two attached hydrogens (primary N) is 1. The first-order valence-corrected chi connectivity index (χ1v) is 6.63. The second kappa shape index (κ2) is 5.87. The Kier molecular flexibility index (Phi) is 4.20. The molecule has 1 unspecified atom stereocenters. The lowest BCUT2D eigenvalue weighted by Gasteiger charge is -2.12. The molecule has 0 amide bonds. The highest BCUT2D eigenvalue weighted by Crippen LogP contribution is 2.10. The number of aromatic nitrogens is 3. The first-order chi connectivity index (χ1) is 8.72. The number of hydrogen-bond donors (Lipinski definition) is 1. The Morgan fingerprint density at radius 2 is 2.22 bits per heavy atom. The fraction of sp³-hybridized carbons (Fsp3) is 0.500. The third kappa shape index (κ3) is 3.01. The molecule has 0 bridgehead atoms. The van der Waals surface area contributed by atoms with Gasteiger partial charge in [0, 0.05) is 42.7 Å². The normalized spacial score (nSPS) is 12.8. The molecule has 4 nitrogen and oxygen atoms in total. The minimum absolute atomic E-state index is 0.247. The van der Waals surface area contributed by atoms with Crippen LogP contribution in [0.15, 0.2) is 30.7 Å². The van der Waals surface area contributed by atoms with Crippen molar-refractivity contribution < 1.29 is 0 Å². The Morgan fingerprint density at radius 1 is 1.39 bits per heavy atom. The maximum absolute atomic E-state index is 6.02. The van der Waals surface area contributed by atoms with Gasteiger partial charge in [-0.2, -0.15) is 5.10 Å². The van der Waals surface area contributed by atoms with E-state index < -0.39 is 0 Å². The Hall–Kier alpha value is -1.55. The topological polar surface area (TPSA) is 48.8 Å². The highest BCUT2D eigenvalue weighted by atomic mass is 15.3. The summed E-state index contributed by atoms with van der Waals surface area (Å²) < 4.78 is 4.21. The zero-order chi connectivity index (χ0) is 13.0. The van der Waals surface area contributed by atoms with E-state index in [4.69, 9.17) is 5.73 Å². The van der Waals surface area contributed by atoms with Gasteiger partial charge in [0.15, 0.2) is 0 Å². The predicted molar refractivity (Wildman–Crippen MR) is 73.4 cm³/mol. The molecule has 98 valence electrons. The minimum atomic E-state index is 0.247. The van der Waals surface area contributed by atoms with Crippen LogP contribution in [0.1, 0.15) is 31.5 Å². The van der Waals surface area contributed by atoms with Crippen molar-refractivity contribution in [3.8, 4) is 0 Å². The molecule has 2 aromatic rings. The van der Waals surface area contributed by atoms with Crippen molar-refractivity contribution in [2.45, 2.75) is 45.8 Å². The monoisotopic (exact) mass is 246 g/mol. The smallest absolute Gasteiger partial charge is 0.0539 e. The van der Waals surface area contributed by atoms with Crippen LogP contribution >= 0.6 is 0 Å². The average molecular weight is 246 g/mol. The van der Waals surface area contributed by atoms with Gasteiger partial charge in [-0.25, -0.2) is 0 Å². The van der Waals surface area contributed by atoms with Crippen LogP contribution in [0, 0.1) is 0 Å². The Morgan fingerprint density at radius 3 is 2.89 bits per heavy atom.